The van der Waals surface area contributed by atoms with Crippen LogP contribution in [-0.4, -0.2) is 13.1 Å². The van der Waals surface area contributed by atoms with Gasteiger partial charge in [-0.15, -0.1) is 24.8 Å². The van der Waals surface area contributed by atoms with Crippen LogP contribution in [0.25, 0.3) is 0 Å². The fourth-order valence-corrected chi connectivity index (χ4v) is 0.625. The van der Waals surface area contributed by atoms with E-state index in [1.54, 1.807) is 0 Å². The molecule has 3 heteroatoms. The van der Waals surface area contributed by atoms with Crippen molar-refractivity contribution in [1.82, 2.24) is 5.32 Å². The molecule has 0 radical (unpaired) electrons. The fraction of sp³-hybridized carbons (Fsp3) is 1.00. The lowest BCUT2D eigenvalue weighted by atomic mass is 10.4. The molecule has 0 atom stereocenters. The summed E-state index contributed by atoms with van der Waals surface area (Å²) in [5.41, 5.74) is 0. The molecule has 0 amide bonds. The standard InChI is InChI=1S/C4H9N.2ClH/c1-2-4-5-3-1;;/h5H,1-4H2;2*1H. The van der Waals surface area contributed by atoms with Gasteiger partial charge in [0.15, 0.2) is 0 Å². The van der Waals surface area contributed by atoms with Crippen molar-refractivity contribution in [3.63, 3.8) is 0 Å². The molecule has 0 bridgehead atoms. The van der Waals surface area contributed by atoms with Crippen molar-refractivity contribution < 1.29 is 0 Å². The molecule has 7 heavy (non-hydrogen) atoms. The number of hydrogen-bond donors (Lipinski definition) is 1. The van der Waals surface area contributed by atoms with E-state index in [-0.39, 0.29) is 24.8 Å². The Morgan fingerprint density at radius 3 is 1.43 bits per heavy atom. The van der Waals surface area contributed by atoms with Crippen LogP contribution in [0.4, 0.5) is 0 Å². The van der Waals surface area contributed by atoms with Crippen LogP contribution in [0, 0.1) is 0 Å². The maximum absolute atomic E-state index is 3.22. The minimum absolute atomic E-state index is 0. The molecule has 0 spiro atoms. The van der Waals surface area contributed by atoms with E-state index in [1.165, 1.54) is 25.9 Å². The van der Waals surface area contributed by atoms with Crippen LogP contribution < -0.4 is 5.32 Å². The van der Waals surface area contributed by atoms with E-state index in [1.807, 2.05) is 0 Å². The van der Waals surface area contributed by atoms with E-state index in [4.69, 9.17) is 0 Å². The second-order valence-electron chi connectivity index (χ2n) is 1.46. The lowest BCUT2D eigenvalue weighted by molar-refractivity contribution is 0.857. The molecule has 1 nitrogen and oxygen atoms in total. The first-order valence-electron chi connectivity index (χ1n) is 2.21. The molecule has 1 aliphatic heterocycles. The molecule has 1 heterocycles. The van der Waals surface area contributed by atoms with Gasteiger partial charge < -0.3 is 5.32 Å². The van der Waals surface area contributed by atoms with Gasteiger partial charge in [-0.2, -0.15) is 0 Å². The Morgan fingerprint density at radius 1 is 0.857 bits per heavy atom. The lowest BCUT2D eigenvalue weighted by Crippen LogP contribution is -2.03. The second kappa shape index (κ2) is 6.54. The minimum Gasteiger partial charge on any atom is -0.317 e. The third-order valence-electron chi connectivity index (χ3n) is 0.957. The molecule has 1 aliphatic rings. The molecule has 0 aromatic rings. The Kier molecular flexibility index (Phi) is 9.82. The van der Waals surface area contributed by atoms with Gasteiger partial charge in [-0.25, -0.2) is 0 Å². The highest BCUT2D eigenvalue weighted by molar-refractivity contribution is 5.85. The van der Waals surface area contributed by atoms with E-state index in [0.717, 1.165) is 0 Å². The number of halogens is 2. The van der Waals surface area contributed by atoms with Gasteiger partial charge in [0.2, 0.25) is 0 Å². The van der Waals surface area contributed by atoms with E-state index < -0.39 is 0 Å². The van der Waals surface area contributed by atoms with Gasteiger partial charge in [0, 0.05) is 0 Å². The summed E-state index contributed by atoms with van der Waals surface area (Å²) in [6.45, 7) is 2.50. The third kappa shape index (κ3) is 4.39. The maximum atomic E-state index is 3.22. The summed E-state index contributed by atoms with van der Waals surface area (Å²) in [5, 5.41) is 3.22. The van der Waals surface area contributed by atoms with Crippen LogP contribution in [-0.2, 0) is 0 Å². The Morgan fingerprint density at radius 2 is 1.29 bits per heavy atom. The monoisotopic (exact) mass is 143 g/mol. The summed E-state index contributed by atoms with van der Waals surface area (Å²) in [7, 11) is 0. The molecule has 0 aromatic carbocycles. The quantitative estimate of drug-likeness (QED) is 0.538. The molecule has 1 rings (SSSR count). The van der Waals surface area contributed by atoms with E-state index in [2.05, 4.69) is 5.32 Å². The molecule has 1 saturated heterocycles. The lowest BCUT2D eigenvalue weighted by Gasteiger charge is -1.76. The van der Waals surface area contributed by atoms with Gasteiger partial charge in [-0.1, -0.05) is 0 Å². The van der Waals surface area contributed by atoms with Crippen LogP contribution in [0.1, 0.15) is 12.8 Å². The van der Waals surface area contributed by atoms with Crippen LogP contribution in [0.5, 0.6) is 0 Å². The highest BCUT2D eigenvalue weighted by Gasteiger charge is 1.93. The Balaban J connectivity index is 0. The van der Waals surface area contributed by atoms with Gasteiger partial charge in [-0.05, 0) is 25.9 Å². The Bertz CT molecular complexity index is 21.3. The molecule has 46 valence electrons. The van der Waals surface area contributed by atoms with Gasteiger partial charge in [-0.3, -0.25) is 0 Å². The van der Waals surface area contributed by atoms with Crippen LogP contribution in [0.3, 0.4) is 0 Å². The predicted molar refractivity (Wildman–Crippen MR) is 36.6 cm³/mol. The normalized spacial score (nSPS) is 17.1. The topological polar surface area (TPSA) is 12.0 Å². The molecular formula is C4H11Cl2N. The van der Waals surface area contributed by atoms with Crippen molar-refractivity contribution in [2.45, 2.75) is 12.8 Å². The zero-order valence-electron chi connectivity index (χ0n) is 4.14. The largest absolute Gasteiger partial charge is 0.317 e. The number of rotatable bonds is 0. The zero-order chi connectivity index (χ0) is 3.54. The molecule has 1 N–H and O–H groups in total. The summed E-state index contributed by atoms with van der Waals surface area (Å²) < 4.78 is 0. The van der Waals surface area contributed by atoms with E-state index in [0.29, 0.717) is 0 Å². The summed E-state index contributed by atoms with van der Waals surface area (Å²) in [6, 6.07) is 0. The van der Waals surface area contributed by atoms with Crippen molar-refractivity contribution in [2.24, 2.45) is 0 Å². The molecule has 0 unspecified atom stereocenters. The first kappa shape index (κ1) is 10.5. The summed E-state index contributed by atoms with van der Waals surface area (Å²) in [6.07, 6.45) is 2.78. The molecule has 0 saturated carbocycles. The first-order chi connectivity index (χ1) is 2.50. The van der Waals surface area contributed by atoms with Gasteiger partial charge in [0.05, 0.1) is 0 Å². The van der Waals surface area contributed by atoms with E-state index >= 15 is 0 Å². The number of nitrogens with one attached hydrogen (secondary N) is 1. The van der Waals surface area contributed by atoms with Gasteiger partial charge >= 0.3 is 0 Å². The number of hydrogen-bond acceptors (Lipinski definition) is 1. The molecular weight excluding hydrogens is 133 g/mol. The highest BCUT2D eigenvalue weighted by Crippen LogP contribution is 1.90. The average molecular weight is 144 g/mol. The predicted octanol–water partition coefficient (Wildman–Crippen LogP) is 1.21. The Labute approximate surface area is 56.7 Å². The van der Waals surface area contributed by atoms with Crippen LogP contribution in [0.15, 0.2) is 0 Å². The SMILES string of the molecule is C1CCNC1.Cl.Cl. The van der Waals surface area contributed by atoms with E-state index in [9.17, 15) is 0 Å². The van der Waals surface area contributed by atoms with Crippen LogP contribution >= 0.6 is 24.8 Å². The smallest absolute Gasteiger partial charge is 0.00484 e. The second-order valence-corrected chi connectivity index (χ2v) is 1.46. The molecule has 0 aromatic heterocycles. The summed E-state index contributed by atoms with van der Waals surface area (Å²) >= 11 is 0. The van der Waals surface area contributed by atoms with Gasteiger partial charge in [0.25, 0.3) is 0 Å². The summed E-state index contributed by atoms with van der Waals surface area (Å²) in [4.78, 5) is 0. The van der Waals surface area contributed by atoms with Crippen LogP contribution in [0.2, 0.25) is 0 Å². The third-order valence-corrected chi connectivity index (χ3v) is 0.957. The maximum Gasteiger partial charge on any atom is -0.00484 e. The average Bonchev–Trinajstić information content (AvgIpc) is 1.76. The van der Waals surface area contributed by atoms with Crippen molar-refractivity contribution in [2.75, 3.05) is 13.1 Å². The summed E-state index contributed by atoms with van der Waals surface area (Å²) in [5.74, 6) is 0. The fourth-order valence-electron chi connectivity index (χ4n) is 0.625. The van der Waals surface area contributed by atoms with Crippen molar-refractivity contribution in [3.8, 4) is 0 Å². The minimum atomic E-state index is 0. The first-order valence-corrected chi connectivity index (χ1v) is 2.21. The van der Waals surface area contributed by atoms with Crippen molar-refractivity contribution >= 4 is 24.8 Å². The molecule has 1 fully saturated rings. The zero-order valence-corrected chi connectivity index (χ0v) is 5.78. The Hall–Kier alpha value is 0.540. The molecule has 0 aliphatic carbocycles. The van der Waals surface area contributed by atoms with Crippen molar-refractivity contribution in [3.05, 3.63) is 0 Å². The van der Waals surface area contributed by atoms with Crippen molar-refractivity contribution in [1.29, 1.82) is 0 Å². The van der Waals surface area contributed by atoms with Gasteiger partial charge in [0.1, 0.15) is 0 Å². The highest BCUT2D eigenvalue weighted by atomic mass is 35.5.